The summed E-state index contributed by atoms with van der Waals surface area (Å²) in [4.78, 5) is 15.6. The van der Waals surface area contributed by atoms with Crippen LogP contribution in [0.15, 0.2) is 46.5 Å². The standard InChI is InChI=1S/C15H17N3O2S/c1-3-16-9-12-8-11(2)15(17-10-12)21-14-6-4-13(5-7-14)18(19)20/h4-8,10,16H,3,9H2,1-2H3. The van der Waals surface area contributed by atoms with Crippen LogP contribution in [0.2, 0.25) is 0 Å². The Balaban J connectivity index is 2.10. The third-order valence-electron chi connectivity index (χ3n) is 2.93. The van der Waals surface area contributed by atoms with Gasteiger partial charge in [0.2, 0.25) is 0 Å². The number of nitrogens with one attached hydrogen (secondary N) is 1. The van der Waals surface area contributed by atoms with Gasteiger partial charge in [-0.3, -0.25) is 10.1 Å². The maximum absolute atomic E-state index is 10.6. The molecule has 0 bridgehead atoms. The number of nitro groups is 1. The Morgan fingerprint density at radius 1 is 1.33 bits per heavy atom. The number of pyridine rings is 1. The smallest absolute Gasteiger partial charge is 0.269 e. The van der Waals surface area contributed by atoms with E-state index in [1.54, 1.807) is 12.1 Å². The fourth-order valence-electron chi connectivity index (χ4n) is 1.84. The van der Waals surface area contributed by atoms with Gasteiger partial charge in [0, 0.05) is 29.8 Å². The van der Waals surface area contributed by atoms with E-state index in [4.69, 9.17) is 0 Å². The van der Waals surface area contributed by atoms with Crippen molar-refractivity contribution in [1.29, 1.82) is 0 Å². The first-order valence-corrected chi connectivity index (χ1v) is 7.50. The van der Waals surface area contributed by atoms with Gasteiger partial charge in [-0.2, -0.15) is 0 Å². The summed E-state index contributed by atoms with van der Waals surface area (Å²) in [5, 5.41) is 14.8. The molecule has 1 aromatic carbocycles. The summed E-state index contributed by atoms with van der Waals surface area (Å²) in [6.07, 6.45) is 1.86. The molecule has 21 heavy (non-hydrogen) atoms. The average Bonchev–Trinajstić information content (AvgIpc) is 2.48. The molecule has 0 atom stereocenters. The minimum absolute atomic E-state index is 0.102. The van der Waals surface area contributed by atoms with Gasteiger partial charge in [0.05, 0.1) is 4.92 Å². The van der Waals surface area contributed by atoms with Crippen molar-refractivity contribution >= 4 is 17.4 Å². The Morgan fingerprint density at radius 2 is 2.05 bits per heavy atom. The highest BCUT2D eigenvalue weighted by Crippen LogP contribution is 2.29. The van der Waals surface area contributed by atoms with Gasteiger partial charge in [-0.05, 0) is 36.7 Å². The van der Waals surface area contributed by atoms with Crippen molar-refractivity contribution in [1.82, 2.24) is 10.3 Å². The second kappa shape index (κ2) is 7.19. The number of aromatic nitrogens is 1. The molecular weight excluding hydrogens is 286 g/mol. The molecule has 0 amide bonds. The van der Waals surface area contributed by atoms with E-state index in [-0.39, 0.29) is 5.69 Å². The third-order valence-corrected chi connectivity index (χ3v) is 4.06. The van der Waals surface area contributed by atoms with Crippen LogP contribution in [0.25, 0.3) is 0 Å². The number of aryl methyl sites for hydroxylation is 1. The van der Waals surface area contributed by atoms with E-state index in [0.29, 0.717) is 0 Å². The van der Waals surface area contributed by atoms with Gasteiger partial charge < -0.3 is 5.32 Å². The molecule has 1 aromatic heterocycles. The van der Waals surface area contributed by atoms with Crippen LogP contribution in [0.5, 0.6) is 0 Å². The zero-order valence-corrected chi connectivity index (χ0v) is 12.8. The van der Waals surface area contributed by atoms with E-state index in [9.17, 15) is 10.1 Å². The summed E-state index contributed by atoms with van der Waals surface area (Å²) in [5.74, 6) is 0. The summed E-state index contributed by atoms with van der Waals surface area (Å²) in [6, 6.07) is 8.63. The van der Waals surface area contributed by atoms with Crippen LogP contribution in [-0.2, 0) is 6.54 Å². The molecule has 0 radical (unpaired) electrons. The molecule has 1 heterocycles. The van der Waals surface area contributed by atoms with Crippen molar-refractivity contribution in [3.8, 4) is 0 Å². The van der Waals surface area contributed by atoms with E-state index in [1.807, 2.05) is 13.1 Å². The van der Waals surface area contributed by atoms with Crippen molar-refractivity contribution in [2.45, 2.75) is 30.3 Å². The highest BCUT2D eigenvalue weighted by Gasteiger charge is 2.07. The minimum Gasteiger partial charge on any atom is -0.313 e. The maximum Gasteiger partial charge on any atom is 0.269 e. The van der Waals surface area contributed by atoms with Crippen molar-refractivity contribution in [3.05, 3.63) is 57.8 Å². The molecule has 0 aliphatic heterocycles. The number of hydrogen-bond acceptors (Lipinski definition) is 5. The predicted octanol–water partition coefficient (Wildman–Crippen LogP) is 3.56. The number of nitrogens with zero attached hydrogens (tertiary/aromatic N) is 2. The molecule has 0 spiro atoms. The van der Waals surface area contributed by atoms with Gasteiger partial charge in [-0.1, -0.05) is 24.8 Å². The van der Waals surface area contributed by atoms with Gasteiger partial charge in [0.15, 0.2) is 0 Å². The Labute approximate surface area is 127 Å². The van der Waals surface area contributed by atoms with Crippen LogP contribution in [0, 0.1) is 17.0 Å². The van der Waals surface area contributed by atoms with Gasteiger partial charge in [-0.25, -0.2) is 4.98 Å². The zero-order valence-electron chi connectivity index (χ0n) is 12.0. The molecular formula is C15H17N3O2S. The normalized spacial score (nSPS) is 10.6. The number of benzene rings is 1. The van der Waals surface area contributed by atoms with E-state index in [2.05, 4.69) is 23.3 Å². The fourth-order valence-corrected chi connectivity index (χ4v) is 2.66. The lowest BCUT2D eigenvalue weighted by Gasteiger charge is -2.07. The highest BCUT2D eigenvalue weighted by molar-refractivity contribution is 7.99. The fraction of sp³-hybridized carbons (Fsp3) is 0.267. The molecule has 0 saturated carbocycles. The van der Waals surface area contributed by atoms with E-state index < -0.39 is 4.92 Å². The third kappa shape index (κ3) is 4.27. The monoisotopic (exact) mass is 303 g/mol. The molecule has 2 aromatic rings. The Hall–Kier alpha value is -1.92. The quantitative estimate of drug-likeness (QED) is 0.653. The minimum atomic E-state index is -0.395. The summed E-state index contributed by atoms with van der Waals surface area (Å²) >= 11 is 1.51. The Kier molecular flexibility index (Phi) is 5.30. The average molecular weight is 303 g/mol. The second-order valence-electron chi connectivity index (χ2n) is 4.60. The molecule has 2 rings (SSSR count). The summed E-state index contributed by atoms with van der Waals surface area (Å²) in [7, 11) is 0. The molecule has 0 unspecified atom stereocenters. The van der Waals surface area contributed by atoms with E-state index in [0.717, 1.165) is 34.1 Å². The zero-order chi connectivity index (χ0) is 15.2. The van der Waals surface area contributed by atoms with Crippen LogP contribution in [0.1, 0.15) is 18.1 Å². The number of non-ortho nitro benzene ring substituents is 1. The highest BCUT2D eigenvalue weighted by atomic mass is 32.2. The number of nitro benzene ring substituents is 1. The molecule has 110 valence electrons. The molecule has 1 N–H and O–H groups in total. The second-order valence-corrected chi connectivity index (χ2v) is 5.66. The van der Waals surface area contributed by atoms with Crippen molar-refractivity contribution < 1.29 is 4.92 Å². The van der Waals surface area contributed by atoms with Crippen molar-refractivity contribution in [3.63, 3.8) is 0 Å². The molecule has 6 heteroatoms. The maximum atomic E-state index is 10.6. The molecule has 0 saturated heterocycles. The predicted molar refractivity (Wildman–Crippen MR) is 83.6 cm³/mol. The van der Waals surface area contributed by atoms with Gasteiger partial charge in [0.25, 0.3) is 5.69 Å². The van der Waals surface area contributed by atoms with Crippen LogP contribution < -0.4 is 5.32 Å². The number of hydrogen-bond donors (Lipinski definition) is 1. The summed E-state index contributed by atoms with van der Waals surface area (Å²) in [5.41, 5.74) is 2.36. The lowest BCUT2D eigenvalue weighted by Crippen LogP contribution is -2.12. The van der Waals surface area contributed by atoms with Crippen LogP contribution >= 0.6 is 11.8 Å². The molecule has 0 fully saturated rings. The number of rotatable bonds is 6. The van der Waals surface area contributed by atoms with E-state index >= 15 is 0 Å². The molecule has 0 aliphatic rings. The summed E-state index contributed by atoms with van der Waals surface area (Å²) in [6.45, 7) is 5.83. The first-order valence-electron chi connectivity index (χ1n) is 6.68. The van der Waals surface area contributed by atoms with Crippen LogP contribution in [0.4, 0.5) is 5.69 Å². The molecule has 0 aliphatic carbocycles. The van der Waals surface area contributed by atoms with E-state index in [1.165, 1.54) is 23.9 Å². The Bertz CT molecular complexity index is 629. The van der Waals surface area contributed by atoms with Gasteiger partial charge in [-0.15, -0.1) is 0 Å². The summed E-state index contributed by atoms with van der Waals surface area (Å²) < 4.78 is 0. The lowest BCUT2D eigenvalue weighted by atomic mass is 10.2. The lowest BCUT2D eigenvalue weighted by molar-refractivity contribution is -0.384. The van der Waals surface area contributed by atoms with Crippen LogP contribution in [-0.4, -0.2) is 16.5 Å². The Morgan fingerprint density at radius 3 is 2.62 bits per heavy atom. The topological polar surface area (TPSA) is 68.1 Å². The molecule has 5 nitrogen and oxygen atoms in total. The first kappa shape index (κ1) is 15.5. The van der Waals surface area contributed by atoms with Crippen LogP contribution in [0.3, 0.4) is 0 Å². The largest absolute Gasteiger partial charge is 0.313 e. The first-order chi connectivity index (χ1) is 10.1. The van der Waals surface area contributed by atoms with Gasteiger partial charge >= 0.3 is 0 Å². The SMILES string of the molecule is CCNCc1cnc(Sc2ccc([N+](=O)[O-])cc2)c(C)c1. The van der Waals surface area contributed by atoms with Gasteiger partial charge in [0.1, 0.15) is 5.03 Å². The van der Waals surface area contributed by atoms with Crippen molar-refractivity contribution in [2.24, 2.45) is 0 Å². The van der Waals surface area contributed by atoms with Crippen molar-refractivity contribution in [2.75, 3.05) is 6.54 Å².